The molecule has 0 spiro atoms. The molecular formula is C17H13N3OS. The van der Waals surface area contributed by atoms with Crippen molar-refractivity contribution < 1.29 is 4.74 Å². The van der Waals surface area contributed by atoms with E-state index in [0.717, 1.165) is 23.1 Å². The first-order valence-corrected chi connectivity index (χ1v) is 8.10. The van der Waals surface area contributed by atoms with Gasteiger partial charge in [0.25, 0.3) is 0 Å². The Kier molecular flexibility index (Phi) is 3.24. The highest BCUT2D eigenvalue weighted by Gasteiger charge is 2.20. The molecule has 0 N–H and O–H groups in total. The molecular weight excluding hydrogens is 294 g/mol. The van der Waals surface area contributed by atoms with Crippen molar-refractivity contribution >= 4 is 21.6 Å². The summed E-state index contributed by atoms with van der Waals surface area (Å²) in [6.07, 6.45) is 6.19. The number of nitriles is 1. The van der Waals surface area contributed by atoms with E-state index in [1.807, 2.05) is 12.1 Å². The standard InChI is InChI=1S/C17H13N3OS/c18-9-11-4-3-5-12(8-11)21-16-15-13-6-1-2-7-14(13)22-17(15)20-10-19-16/h3-5,8,10H,1-2,6-7H2. The Balaban J connectivity index is 1.81. The molecule has 2 aromatic heterocycles. The van der Waals surface area contributed by atoms with Gasteiger partial charge in [-0.3, -0.25) is 0 Å². The highest BCUT2D eigenvalue weighted by Crippen LogP contribution is 2.40. The van der Waals surface area contributed by atoms with Gasteiger partial charge in [-0.15, -0.1) is 11.3 Å². The highest BCUT2D eigenvalue weighted by molar-refractivity contribution is 7.18. The number of hydrogen-bond acceptors (Lipinski definition) is 5. The molecule has 108 valence electrons. The molecule has 2 heterocycles. The van der Waals surface area contributed by atoms with Crippen molar-refractivity contribution in [3.05, 3.63) is 46.6 Å². The predicted octanol–water partition coefficient (Wildman–Crippen LogP) is 4.23. The van der Waals surface area contributed by atoms with Crippen LogP contribution in [0.4, 0.5) is 0 Å². The van der Waals surface area contributed by atoms with Gasteiger partial charge in [-0.05, 0) is 49.4 Å². The average Bonchev–Trinajstić information content (AvgIpc) is 2.94. The van der Waals surface area contributed by atoms with Crippen molar-refractivity contribution in [1.29, 1.82) is 5.26 Å². The molecule has 0 unspecified atom stereocenters. The number of aromatic nitrogens is 2. The first-order chi connectivity index (χ1) is 10.8. The highest BCUT2D eigenvalue weighted by atomic mass is 32.1. The van der Waals surface area contributed by atoms with Crippen LogP contribution in [0.2, 0.25) is 0 Å². The second kappa shape index (κ2) is 5.39. The SMILES string of the molecule is N#Cc1cccc(Oc2ncnc3sc4c(c23)CCCC4)c1. The van der Waals surface area contributed by atoms with Gasteiger partial charge in [-0.2, -0.15) is 5.26 Å². The molecule has 1 aliphatic carbocycles. The Morgan fingerprint density at radius 3 is 3.00 bits per heavy atom. The lowest BCUT2D eigenvalue weighted by Gasteiger charge is -2.12. The van der Waals surface area contributed by atoms with Gasteiger partial charge in [0.05, 0.1) is 17.0 Å². The summed E-state index contributed by atoms with van der Waals surface area (Å²) in [5.74, 6) is 1.23. The number of hydrogen-bond donors (Lipinski definition) is 0. The van der Waals surface area contributed by atoms with Gasteiger partial charge in [0.15, 0.2) is 0 Å². The summed E-state index contributed by atoms with van der Waals surface area (Å²) in [5.41, 5.74) is 1.92. The number of fused-ring (bicyclic) bond motifs is 3. The van der Waals surface area contributed by atoms with Crippen molar-refractivity contribution in [1.82, 2.24) is 9.97 Å². The molecule has 4 nitrogen and oxygen atoms in total. The van der Waals surface area contributed by atoms with Crippen molar-refractivity contribution in [2.45, 2.75) is 25.7 Å². The zero-order valence-electron chi connectivity index (χ0n) is 11.9. The second-order valence-corrected chi connectivity index (χ2v) is 6.40. The largest absolute Gasteiger partial charge is 0.438 e. The summed E-state index contributed by atoms with van der Waals surface area (Å²) in [6, 6.07) is 9.27. The van der Waals surface area contributed by atoms with E-state index in [1.165, 1.54) is 23.3 Å². The normalized spacial score (nSPS) is 13.6. The van der Waals surface area contributed by atoms with Crippen molar-refractivity contribution in [2.75, 3.05) is 0 Å². The molecule has 22 heavy (non-hydrogen) atoms. The van der Waals surface area contributed by atoms with E-state index in [2.05, 4.69) is 16.0 Å². The molecule has 4 rings (SSSR count). The number of aryl methyl sites for hydroxylation is 2. The zero-order valence-corrected chi connectivity index (χ0v) is 12.7. The van der Waals surface area contributed by atoms with E-state index in [4.69, 9.17) is 10.00 Å². The summed E-state index contributed by atoms with van der Waals surface area (Å²) in [6.45, 7) is 0. The molecule has 3 aromatic rings. The monoisotopic (exact) mass is 307 g/mol. The fraction of sp³-hybridized carbons (Fsp3) is 0.235. The van der Waals surface area contributed by atoms with Crippen LogP contribution >= 0.6 is 11.3 Å². The maximum Gasteiger partial charge on any atom is 0.231 e. The summed E-state index contributed by atoms with van der Waals surface area (Å²) in [7, 11) is 0. The van der Waals surface area contributed by atoms with Crippen LogP contribution < -0.4 is 4.74 Å². The summed E-state index contributed by atoms with van der Waals surface area (Å²) in [4.78, 5) is 11.1. The molecule has 0 bridgehead atoms. The molecule has 1 aliphatic rings. The first-order valence-electron chi connectivity index (χ1n) is 7.28. The van der Waals surface area contributed by atoms with Crippen molar-refractivity contribution in [2.24, 2.45) is 0 Å². The lowest BCUT2D eigenvalue weighted by molar-refractivity contribution is 0.467. The van der Waals surface area contributed by atoms with Gasteiger partial charge < -0.3 is 4.74 Å². The zero-order chi connectivity index (χ0) is 14.9. The number of rotatable bonds is 2. The predicted molar refractivity (Wildman–Crippen MR) is 85.3 cm³/mol. The quantitative estimate of drug-likeness (QED) is 0.710. The fourth-order valence-corrected chi connectivity index (χ4v) is 4.10. The van der Waals surface area contributed by atoms with Crippen LogP contribution in [-0.4, -0.2) is 9.97 Å². The van der Waals surface area contributed by atoms with Crippen LogP contribution in [0, 0.1) is 11.3 Å². The third kappa shape index (κ3) is 2.22. The lowest BCUT2D eigenvalue weighted by atomic mass is 9.97. The maximum atomic E-state index is 9.00. The summed E-state index contributed by atoms with van der Waals surface area (Å²) < 4.78 is 5.96. The van der Waals surface area contributed by atoms with Crippen LogP contribution in [-0.2, 0) is 12.8 Å². The Hall–Kier alpha value is -2.45. The van der Waals surface area contributed by atoms with E-state index in [-0.39, 0.29) is 0 Å². The minimum Gasteiger partial charge on any atom is -0.438 e. The lowest BCUT2D eigenvalue weighted by Crippen LogP contribution is -1.99. The molecule has 0 amide bonds. The van der Waals surface area contributed by atoms with Crippen LogP contribution in [0.25, 0.3) is 10.2 Å². The number of ether oxygens (including phenoxy) is 1. The number of benzene rings is 1. The topological polar surface area (TPSA) is 58.8 Å². The Morgan fingerprint density at radius 2 is 2.09 bits per heavy atom. The van der Waals surface area contributed by atoms with E-state index in [0.29, 0.717) is 17.2 Å². The van der Waals surface area contributed by atoms with E-state index in [9.17, 15) is 0 Å². The first kappa shape index (κ1) is 13.2. The third-order valence-electron chi connectivity index (χ3n) is 3.89. The molecule has 0 saturated heterocycles. The van der Waals surface area contributed by atoms with Crippen molar-refractivity contribution in [3.8, 4) is 17.7 Å². The molecule has 1 aromatic carbocycles. The Bertz CT molecular complexity index is 895. The molecule has 0 fully saturated rings. The van der Waals surface area contributed by atoms with Gasteiger partial charge in [0.1, 0.15) is 16.9 Å². The van der Waals surface area contributed by atoms with Crippen LogP contribution in [0.1, 0.15) is 28.8 Å². The molecule has 0 aliphatic heterocycles. The Labute approximate surface area is 132 Å². The Morgan fingerprint density at radius 1 is 1.18 bits per heavy atom. The molecule has 0 saturated carbocycles. The summed E-state index contributed by atoms with van der Waals surface area (Å²) in [5, 5.41) is 10.0. The average molecular weight is 307 g/mol. The molecule has 0 atom stereocenters. The fourth-order valence-electron chi connectivity index (χ4n) is 2.88. The number of nitrogens with zero attached hydrogens (tertiary/aromatic N) is 3. The van der Waals surface area contributed by atoms with Crippen molar-refractivity contribution in [3.63, 3.8) is 0 Å². The maximum absolute atomic E-state index is 9.00. The van der Waals surface area contributed by atoms with Gasteiger partial charge in [-0.25, -0.2) is 9.97 Å². The van der Waals surface area contributed by atoms with Gasteiger partial charge in [0, 0.05) is 4.88 Å². The molecule has 0 radical (unpaired) electrons. The van der Waals surface area contributed by atoms with Gasteiger partial charge in [0.2, 0.25) is 5.88 Å². The van der Waals surface area contributed by atoms with E-state index < -0.39 is 0 Å². The second-order valence-electron chi connectivity index (χ2n) is 5.31. The number of thiophene rings is 1. The minimum absolute atomic E-state index is 0.579. The van der Waals surface area contributed by atoms with Crippen LogP contribution in [0.15, 0.2) is 30.6 Å². The smallest absolute Gasteiger partial charge is 0.231 e. The third-order valence-corrected chi connectivity index (χ3v) is 5.09. The molecule has 5 heteroatoms. The van der Waals surface area contributed by atoms with E-state index in [1.54, 1.807) is 29.8 Å². The van der Waals surface area contributed by atoms with E-state index >= 15 is 0 Å². The van der Waals surface area contributed by atoms with Gasteiger partial charge in [-0.1, -0.05) is 6.07 Å². The van der Waals surface area contributed by atoms with Crippen LogP contribution in [0.5, 0.6) is 11.6 Å². The summed E-state index contributed by atoms with van der Waals surface area (Å²) >= 11 is 1.75. The minimum atomic E-state index is 0.579. The van der Waals surface area contributed by atoms with Crippen LogP contribution in [0.3, 0.4) is 0 Å². The van der Waals surface area contributed by atoms with Gasteiger partial charge >= 0.3 is 0 Å².